The second-order valence-corrected chi connectivity index (χ2v) is 5.51. The molecule has 134 valence electrons. The first-order valence-corrected chi connectivity index (χ1v) is 8.10. The van der Waals surface area contributed by atoms with Crippen molar-refractivity contribution in [3.63, 3.8) is 0 Å². The monoisotopic (exact) mass is 357 g/mol. The molecule has 5 nitrogen and oxygen atoms in total. The van der Waals surface area contributed by atoms with Crippen molar-refractivity contribution in [2.24, 2.45) is 0 Å². The van der Waals surface area contributed by atoms with Crippen LogP contribution < -0.4 is 10.1 Å². The number of carbonyl (C=O) groups is 1. The summed E-state index contributed by atoms with van der Waals surface area (Å²) in [7, 11) is 0. The first-order valence-electron chi connectivity index (χ1n) is 8.10. The summed E-state index contributed by atoms with van der Waals surface area (Å²) < 4.78 is 33.3. The molecule has 1 amide bonds. The smallest absolute Gasteiger partial charge is 0.271 e. The summed E-state index contributed by atoms with van der Waals surface area (Å²) >= 11 is 0. The molecule has 1 aromatic heterocycles. The Balaban J connectivity index is 1.45. The fraction of sp³-hybridized carbons (Fsp3) is 0.158. The van der Waals surface area contributed by atoms with Crippen LogP contribution in [0.2, 0.25) is 0 Å². The fourth-order valence-electron chi connectivity index (χ4n) is 2.30. The Morgan fingerprint density at radius 1 is 1.08 bits per heavy atom. The molecule has 1 N–H and O–H groups in total. The Kier molecular flexibility index (Phi) is 5.58. The van der Waals surface area contributed by atoms with Gasteiger partial charge in [0.1, 0.15) is 23.1 Å². The number of hydrogen-bond acceptors (Lipinski definition) is 3. The maximum absolute atomic E-state index is 13.7. The summed E-state index contributed by atoms with van der Waals surface area (Å²) in [5.74, 6) is -0.511. The molecule has 2 aromatic carbocycles. The van der Waals surface area contributed by atoms with Crippen molar-refractivity contribution >= 4 is 5.91 Å². The van der Waals surface area contributed by atoms with Gasteiger partial charge in [-0.1, -0.05) is 12.1 Å². The fourth-order valence-corrected chi connectivity index (χ4v) is 2.30. The molecule has 26 heavy (non-hydrogen) atoms. The lowest BCUT2D eigenvalue weighted by Gasteiger charge is -2.06. The molecule has 3 rings (SSSR count). The summed E-state index contributed by atoms with van der Waals surface area (Å²) in [6, 6.07) is 13.5. The van der Waals surface area contributed by atoms with Crippen LogP contribution in [0.15, 0.2) is 60.8 Å². The van der Waals surface area contributed by atoms with E-state index < -0.39 is 5.82 Å². The molecule has 0 aliphatic heterocycles. The first kappa shape index (κ1) is 17.6. The van der Waals surface area contributed by atoms with E-state index in [1.807, 2.05) is 0 Å². The maximum Gasteiger partial charge on any atom is 0.271 e. The highest BCUT2D eigenvalue weighted by molar-refractivity contribution is 5.92. The third-order valence-electron chi connectivity index (χ3n) is 3.61. The van der Waals surface area contributed by atoms with Crippen LogP contribution in [0.5, 0.6) is 5.75 Å². The molecule has 0 radical (unpaired) electrons. The third-order valence-corrected chi connectivity index (χ3v) is 3.61. The van der Waals surface area contributed by atoms with E-state index in [9.17, 15) is 13.6 Å². The Morgan fingerprint density at radius 2 is 1.85 bits per heavy atom. The number of hydrogen-bond donors (Lipinski definition) is 1. The van der Waals surface area contributed by atoms with E-state index in [-0.39, 0.29) is 23.1 Å². The lowest BCUT2D eigenvalue weighted by atomic mass is 10.3. The number of rotatable bonds is 7. The summed E-state index contributed by atoms with van der Waals surface area (Å²) in [5.41, 5.74) is 0.479. The van der Waals surface area contributed by atoms with E-state index in [0.717, 1.165) is 0 Å². The van der Waals surface area contributed by atoms with Gasteiger partial charge < -0.3 is 10.1 Å². The van der Waals surface area contributed by atoms with E-state index in [2.05, 4.69) is 10.4 Å². The van der Waals surface area contributed by atoms with Gasteiger partial charge in [-0.25, -0.2) is 13.5 Å². The topological polar surface area (TPSA) is 56.1 Å². The predicted octanol–water partition coefficient (Wildman–Crippen LogP) is 3.35. The number of para-hydroxylation sites is 1. The van der Waals surface area contributed by atoms with Crippen molar-refractivity contribution in [3.05, 3.63) is 78.1 Å². The van der Waals surface area contributed by atoms with E-state index in [4.69, 9.17) is 4.74 Å². The normalized spacial score (nSPS) is 10.5. The highest BCUT2D eigenvalue weighted by Crippen LogP contribution is 2.12. The molecule has 0 aliphatic rings. The molecule has 0 fully saturated rings. The van der Waals surface area contributed by atoms with Gasteiger partial charge in [0.15, 0.2) is 5.69 Å². The first-order chi connectivity index (χ1) is 12.6. The van der Waals surface area contributed by atoms with Crippen molar-refractivity contribution in [2.45, 2.75) is 6.42 Å². The van der Waals surface area contributed by atoms with Crippen molar-refractivity contribution in [1.82, 2.24) is 15.1 Å². The molecule has 0 unspecified atom stereocenters. The molecule has 0 aliphatic carbocycles. The van der Waals surface area contributed by atoms with Gasteiger partial charge in [0, 0.05) is 12.7 Å². The van der Waals surface area contributed by atoms with Crippen molar-refractivity contribution < 1.29 is 18.3 Å². The summed E-state index contributed by atoms with van der Waals surface area (Å²) in [6.45, 7) is 0.780. The van der Waals surface area contributed by atoms with Crippen LogP contribution in [0, 0.1) is 11.6 Å². The average Bonchev–Trinajstić information content (AvgIpc) is 3.13. The number of nitrogens with zero attached hydrogens (tertiary/aromatic N) is 2. The minimum absolute atomic E-state index is 0.202. The zero-order valence-electron chi connectivity index (χ0n) is 13.9. The van der Waals surface area contributed by atoms with Crippen LogP contribution in [-0.4, -0.2) is 28.8 Å². The number of aromatic nitrogens is 2. The lowest BCUT2D eigenvalue weighted by molar-refractivity contribution is 0.0946. The number of ether oxygens (including phenoxy) is 1. The van der Waals surface area contributed by atoms with Gasteiger partial charge in [-0.2, -0.15) is 5.10 Å². The summed E-state index contributed by atoms with van der Waals surface area (Å²) in [6.07, 6.45) is 2.11. The molecular formula is C19H17F2N3O2. The molecule has 0 spiro atoms. The quantitative estimate of drug-likeness (QED) is 0.660. The van der Waals surface area contributed by atoms with Gasteiger partial charge in [-0.15, -0.1) is 0 Å². The van der Waals surface area contributed by atoms with E-state index >= 15 is 0 Å². The highest BCUT2D eigenvalue weighted by atomic mass is 19.1. The van der Waals surface area contributed by atoms with Gasteiger partial charge in [0.2, 0.25) is 0 Å². The number of halogens is 2. The molecule has 3 aromatic rings. The van der Waals surface area contributed by atoms with Gasteiger partial charge in [0.25, 0.3) is 5.91 Å². The number of benzene rings is 2. The zero-order valence-corrected chi connectivity index (χ0v) is 13.9. The minimum Gasteiger partial charge on any atom is -0.494 e. The molecule has 1 heterocycles. The second-order valence-electron chi connectivity index (χ2n) is 5.51. The van der Waals surface area contributed by atoms with Crippen LogP contribution in [0.4, 0.5) is 8.78 Å². The van der Waals surface area contributed by atoms with Gasteiger partial charge in [0.05, 0.1) is 6.61 Å². The van der Waals surface area contributed by atoms with E-state index in [1.165, 1.54) is 35.1 Å². The molecule has 7 heteroatoms. The number of carbonyl (C=O) groups excluding carboxylic acids is 1. The molecule has 0 saturated heterocycles. The summed E-state index contributed by atoms with van der Waals surface area (Å²) in [4.78, 5) is 12.1. The number of nitrogens with one attached hydrogen (secondary N) is 1. The SMILES string of the molecule is O=C(NCCCOc1ccc(F)cc1)c1ccn(-c2ccccc2F)n1. The Bertz CT molecular complexity index is 879. The molecule has 0 bridgehead atoms. The highest BCUT2D eigenvalue weighted by Gasteiger charge is 2.11. The summed E-state index contributed by atoms with van der Waals surface area (Å²) in [5, 5.41) is 6.82. The van der Waals surface area contributed by atoms with Gasteiger partial charge in [-0.05, 0) is 48.9 Å². The molecular weight excluding hydrogens is 340 g/mol. The van der Waals surface area contributed by atoms with Crippen LogP contribution in [-0.2, 0) is 0 Å². The van der Waals surface area contributed by atoms with Crippen molar-refractivity contribution in [1.29, 1.82) is 0 Å². The second kappa shape index (κ2) is 8.24. The van der Waals surface area contributed by atoms with Gasteiger partial charge >= 0.3 is 0 Å². The number of amides is 1. The van der Waals surface area contributed by atoms with Crippen molar-refractivity contribution in [2.75, 3.05) is 13.2 Å². The maximum atomic E-state index is 13.7. The Morgan fingerprint density at radius 3 is 2.62 bits per heavy atom. The molecule has 0 saturated carbocycles. The zero-order chi connectivity index (χ0) is 18.4. The van der Waals surface area contributed by atoms with Gasteiger partial charge in [-0.3, -0.25) is 4.79 Å². The predicted molar refractivity (Wildman–Crippen MR) is 92.4 cm³/mol. The van der Waals surface area contributed by atoms with Crippen LogP contribution in [0.1, 0.15) is 16.9 Å². The third kappa shape index (κ3) is 4.44. The van der Waals surface area contributed by atoms with E-state index in [0.29, 0.717) is 25.3 Å². The van der Waals surface area contributed by atoms with Crippen molar-refractivity contribution in [3.8, 4) is 11.4 Å². The minimum atomic E-state index is -0.416. The Labute approximate surface area is 149 Å². The van der Waals surface area contributed by atoms with Crippen LogP contribution in [0.25, 0.3) is 5.69 Å². The van der Waals surface area contributed by atoms with E-state index in [1.54, 1.807) is 30.3 Å². The van der Waals surface area contributed by atoms with Crippen LogP contribution in [0.3, 0.4) is 0 Å². The lowest BCUT2D eigenvalue weighted by Crippen LogP contribution is -2.26. The average molecular weight is 357 g/mol. The largest absolute Gasteiger partial charge is 0.494 e. The molecule has 0 atom stereocenters. The standard InChI is InChI=1S/C19H17F2N3O2/c20-14-6-8-15(9-7-14)26-13-3-11-22-19(25)17-10-12-24(23-17)18-5-2-1-4-16(18)21/h1-2,4-10,12H,3,11,13H2,(H,22,25). The van der Waals surface area contributed by atoms with Crippen LogP contribution >= 0.6 is 0 Å². The Hall–Kier alpha value is -3.22.